The zero-order chi connectivity index (χ0) is 18.2. The number of thiophene rings is 1. The average molecular weight is 383 g/mol. The molecular weight excluding hydrogens is 368 g/mol. The fourth-order valence-electron chi connectivity index (χ4n) is 1.76. The van der Waals surface area contributed by atoms with E-state index in [0.717, 1.165) is 5.56 Å². The quantitative estimate of drug-likeness (QED) is 0.430. The molecule has 1 aromatic carbocycles. The number of amides is 1. The number of alkyl halides is 2. The van der Waals surface area contributed by atoms with Crippen LogP contribution in [0.1, 0.15) is 12.5 Å². The van der Waals surface area contributed by atoms with E-state index < -0.39 is 23.7 Å². The lowest BCUT2D eigenvalue weighted by Gasteiger charge is -2.12. The average Bonchev–Trinajstić information content (AvgIpc) is 3.07. The lowest BCUT2D eigenvalue weighted by Crippen LogP contribution is -2.29. The number of esters is 1. The Morgan fingerprint density at radius 1 is 1.24 bits per heavy atom. The number of nitrogens with one attached hydrogen (secondary N) is 1. The highest BCUT2D eigenvalue weighted by Crippen LogP contribution is 2.26. The Morgan fingerprint density at radius 2 is 1.96 bits per heavy atom. The van der Waals surface area contributed by atoms with Gasteiger partial charge in [-0.25, -0.2) is 4.79 Å². The van der Waals surface area contributed by atoms with Gasteiger partial charge in [0.1, 0.15) is 0 Å². The summed E-state index contributed by atoms with van der Waals surface area (Å²) in [5.41, 5.74) is 1.31. The molecule has 0 radical (unpaired) electrons. The van der Waals surface area contributed by atoms with E-state index in [1.54, 1.807) is 6.08 Å². The molecule has 0 saturated carbocycles. The molecule has 1 atom stereocenters. The van der Waals surface area contributed by atoms with E-state index in [1.165, 1.54) is 48.6 Å². The van der Waals surface area contributed by atoms with Crippen LogP contribution < -0.4 is 5.32 Å². The van der Waals surface area contributed by atoms with Crippen molar-refractivity contribution in [3.05, 3.63) is 52.7 Å². The maximum atomic E-state index is 12.3. The number of rotatable bonds is 7. The molecule has 1 amide bonds. The summed E-state index contributed by atoms with van der Waals surface area (Å²) in [4.78, 5) is 24.1. The second-order valence-electron chi connectivity index (χ2n) is 4.86. The van der Waals surface area contributed by atoms with Crippen molar-refractivity contribution in [2.45, 2.75) is 23.7 Å². The maximum Gasteiger partial charge on any atom is 0.331 e. The Labute approximate surface area is 151 Å². The number of halogens is 2. The monoisotopic (exact) mass is 383 g/mol. The van der Waals surface area contributed by atoms with E-state index in [2.05, 4.69) is 5.32 Å². The molecule has 1 N–H and O–H groups in total. The number of carbonyl (C=O) groups excluding carboxylic acids is 2. The third-order valence-electron chi connectivity index (χ3n) is 2.96. The Morgan fingerprint density at radius 3 is 2.56 bits per heavy atom. The normalized spacial score (nSPS) is 12.3. The zero-order valence-electron chi connectivity index (χ0n) is 13.1. The molecule has 8 heteroatoms. The van der Waals surface area contributed by atoms with Crippen molar-refractivity contribution < 1.29 is 23.1 Å². The van der Waals surface area contributed by atoms with Gasteiger partial charge in [-0.3, -0.25) is 4.79 Å². The molecule has 0 aliphatic rings. The molecule has 1 heterocycles. The van der Waals surface area contributed by atoms with E-state index in [9.17, 15) is 18.4 Å². The number of carbonyl (C=O) groups is 2. The number of anilines is 1. The van der Waals surface area contributed by atoms with Crippen molar-refractivity contribution in [2.75, 3.05) is 5.32 Å². The van der Waals surface area contributed by atoms with Crippen molar-refractivity contribution >= 4 is 46.7 Å². The Bertz CT molecular complexity index is 731. The number of benzene rings is 1. The fraction of sp³-hybridized carbons (Fsp3) is 0.176. The minimum atomic E-state index is -2.50. The van der Waals surface area contributed by atoms with E-state index in [4.69, 9.17) is 4.74 Å². The number of ether oxygens (including phenoxy) is 1. The number of hydrogen-bond donors (Lipinski definition) is 1. The van der Waals surface area contributed by atoms with Gasteiger partial charge in [-0.15, -0.1) is 0 Å². The van der Waals surface area contributed by atoms with E-state index in [1.807, 2.05) is 16.8 Å². The molecule has 2 rings (SSSR count). The molecule has 4 nitrogen and oxygen atoms in total. The Balaban J connectivity index is 1.84. The molecule has 132 valence electrons. The van der Waals surface area contributed by atoms with Gasteiger partial charge in [0.05, 0.1) is 0 Å². The van der Waals surface area contributed by atoms with Crippen molar-refractivity contribution in [1.29, 1.82) is 0 Å². The van der Waals surface area contributed by atoms with Crippen LogP contribution in [-0.2, 0) is 14.3 Å². The van der Waals surface area contributed by atoms with E-state index in [0.29, 0.717) is 22.3 Å². The first-order chi connectivity index (χ1) is 11.9. The summed E-state index contributed by atoms with van der Waals surface area (Å²) < 4.78 is 29.5. The predicted octanol–water partition coefficient (Wildman–Crippen LogP) is 4.65. The van der Waals surface area contributed by atoms with Crippen molar-refractivity contribution in [3.8, 4) is 0 Å². The largest absolute Gasteiger partial charge is 0.449 e. The van der Waals surface area contributed by atoms with Gasteiger partial charge in [-0.05, 0) is 59.7 Å². The van der Waals surface area contributed by atoms with Crippen LogP contribution in [0.5, 0.6) is 0 Å². The molecule has 0 spiro atoms. The predicted molar refractivity (Wildman–Crippen MR) is 95.8 cm³/mol. The minimum Gasteiger partial charge on any atom is -0.449 e. The third-order valence-corrected chi connectivity index (χ3v) is 4.39. The van der Waals surface area contributed by atoms with Gasteiger partial charge in [0.15, 0.2) is 6.10 Å². The van der Waals surface area contributed by atoms with E-state index >= 15 is 0 Å². The molecule has 0 fully saturated rings. The molecule has 2 aromatic rings. The summed E-state index contributed by atoms with van der Waals surface area (Å²) in [5.74, 6) is -3.63. The molecule has 1 aromatic heterocycles. The van der Waals surface area contributed by atoms with Gasteiger partial charge in [-0.2, -0.15) is 20.1 Å². The molecule has 25 heavy (non-hydrogen) atoms. The molecule has 0 unspecified atom stereocenters. The van der Waals surface area contributed by atoms with Gasteiger partial charge in [-0.1, -0.05) is 11.8 Å². The Kier molecular flexibility index (Phi) is 7.15. The van der Waals surface area contributed by atoms with Gasteiger partial charge in [0, 0.05) is 16.7 Å². The zero-order valence-corrected chi connectivity index (χ0v) is 14.8. The van der Waals surface area contributed by atoms with Crippen LogP contribution in [-0.4, -0.2) is 23.7 Å². The smallest absolute Gasteiger partial charge is 0.331 e. The SMILES string of the molecule is C[C@@H](OC(=O)/C=C/c1ccsc1)C(=O)Nc1ccc(SC(F)F)cc1. The van der Waals surface area contributed by atoms with Crippen molar-refractivity contribution in [1.82, 2.24) is 0 Å². The summed E-state index contributed by atoms with van der Waals surface area (Å²) >= 11 is 1.93. The lowest BCUT2D eigenvalue weighted by atomic mass is 10.3. The summed E-state index contributed by atoms with van der Waals surface area (Å²) in [6.07, 6.45) is 1.86. The second-order valence-corrected chi connectivity index (χ2v) is 6.70. The highest BCUT2D eigenvalue weighted by molar-refractivity contribution is 7.99. The summed E-state index contributed by atoms with van der Waals surface area (Å²) in [7, 11) is 0. The minimum absolute atomic E-state index is 0.394. The second kappa shape index (κ2) is 9.33. The first kappa shape index (κ1) is 19.1. The molecule has 0 aliphatic heterocycles. The summed E-state index contributed by atoms with van der Waals surface area (Å²) in [6.45, 7) is 1.45. The summed E-state index contributed by atoms with van der Waals surface area (Å²) in [6, 6.07) is 7.82. The maximum absolute atomic E-state index is 12.3. The molecule has 0 saturated heterocycles. The number of hydrogen-bond acceptors (Lipinski definition) is 5. The highest BCUT2D eigenvalue weighted by Gasteiger charge is 2.16. The van der Waals surface area contributed by atoms with Gasteiger partial charge in [0.2, 0.25) is 0 Å². The van der Waals surface area contributed by atoms with Crippen LogP contribution in [0.25, 0.3) is 6.08 Å². The third kappa shape index (κ3) is 6.67. The van der Waals surface area contributed by atoms with Crippen LogP contribution >= 0.6 is 23.1 Å². The van der Waals surface area contributed by atoms with Crippen LogP contribution in [0, 0.1) is 0 Å². The lowest BCUT2D eigenvalue weighted by molar-refractivity contribution is -0.148. The highest BCUT2D eigenvalue weighted by atomic mass is 32.2. The van der Waals surface area contributed by atoms with Crippen LogP contribution in [0.15, 0.2) is 52.1 Å². The van der Waals surface area contributed by atoms with Crippen molar-refractivity contribution in [3.63, 3.8) is 0 Å². The topological polar surface area (TPSA) is 55.4 Å². The van der Waals surface area contributed by atoms with Gasteiger partial charge < -0.3 is 10.1 Å². The van der Waals surface area contributed by atoms with Gasteiger partial charge in [0.25, 0.3) is 11.7 Å². The summed E-state index contributed by atoms with van der Waals surface area (Å²) in [5, 5.41) is 6.31. The van der Waals surface area contributed by atoms with Crippen LogP contribution in [0.2, 0.25) is 0 Å². The molecule has 0 aliphatic carbocycles. The fourth-order valence-corrected chi connectivity index (χ4v) is 2.89. The van der Waals surface area contributed by atoms with Crippen LogP contribution in [0.3, 0.4) is 0 Å². The van der Waals surface area contributed by atoms with Gasteiger partial charge >= 0.3 is 5.97 Å². The molecule has 0 bridgehead atoms. The first-order valence-corrected chi connectivity index (χ1v) is 9.03. The number of thioether (sulfide) groups is 1. The standard InChI is InChI=1S/C17H15F2NO3S2/c1-11(23-15(21)7-2-12-8-9-24-10-12)16(22)20-13-3-5-14(6-4-13)25-17(18)19/h2-11,17H,1H3,(H,20,22)/b7-2+/t11-/m1/s1. The van der Waals surface area contributed by atoms with Crippen molar-refractivity contribution in [2.24, 2.45) is 0 Å². The van der Waals surface area contributed by atoms with Crippen LogP contribution in [0.4, 0.5) is 14.5 Å². The Hall–Kier alpha value is -2.19. The first-order valence-electron chi connectivity index (χ1n) is 7.20. The molecular formula is C17H15F2NO3S2. The van der Waals surface area contributed by atoms with E-state index in [-0.39, 0.29) is 0 Å².